The van der Waals surface area contributed by atoms with Crippen molar-refractivity contribution in [2.24, 2.45) is 5.92 Å². The zero-order valence-corrected chi connectivity index (χ0v) is 30.9. The molecule has 1 N–H and O–H groups in total. The first kappa shape index (κ1) is 42.5. The summed E-state index contributed by atoms with van der Waals surface area (Å²) in [5.41, 5.74) is 5.86. The van der Waals surface area contributed by atoms with Crippen molar-refractivity contribution >= 4 is 11.9 Å². The van der Waals surface area contributed by atoms with Crippen LogP contribution < -0.4 is 5.48 Å². The minimum atomic E-state index is -0.395. The summed E-state index contributed by atoms with van der Waals surface area (Å²) < 4.78 is 32.9. The molecule has 51 heavy (non-hydrogen) atoms. The summed E-state index contributed by atoms with van der Waals surface area (Å²) >= 11 is 0. The Bertz CT molecular complexity index is 1140. The molecule has 1 saturated heterocycles. The van der Waals surface area contributed by atoms with E-state index in [4.69, 9.17) is 33.3 Å². The number of carbonyl (C=O) groups is 2. The van der Waals surface area contributed by atoms with Crippen molar-refractivity contribution in [3.63, 3.8) is 0 Å². The van der Waals surface area contributed by atoms with Crippen molar-refractivity contribution in [3.8, 4) is 0 Å². The molecule has 0 aliphatic carbocycles. The number of ether oxygens (including phenoxy) is 6. The summed E-state index contributed by atoms with van der Waals surface area (Å²) in [6, 6.07) is 18.7. The lowest BCUT2D eigenvalue weighted by Crippen LogP contribution is -2.35. The minimum absolute atomic E-state index is 0.177. The second kappa shape index (κ2) is 28.7. The van der Waals surface area contributed by atoms with Crippen LogP contribution in [0.3, 0.4) is 0 Å². The van der Waals surface area contributed by atoms with Crippen LogP contribution in [0, 0.1) is 5.92 Å². The lowest BCUT2D eigenvalue weighted by molar-refractivity contribution is -0.158. The Labute approximate surface area is 305 Å². The van der Waals surface area contributed by atoms with Crippen LogP contribution in [-0.4, -0.2) is 109 Å². The molecule has 0 atom stereocenters. The molecule has 2 aromatic rings. The molecule has 0 spiro atoms. The fourth-order valence-electron chi connectivity index (χ4n) is 5.79. The Morgan fingerprint density at radius 2 is 1.16 bits per heavy atom. The number of hydrogen-bond donors (Lipinski definition) is 1. The van der Waals surface area contributed by atoms with E-state index in [1.165, 1.54) is 11.1 Å². The molecule has 1 aliphatic heterocycles. The molecule has 0 unspecified atom stereocenters. The fraction of sp³-hybridized carbons (Fsp3) is 0.650. The Kier molecular flexibility index (Phi) is 23.9. The largest absolute Gasteiger partial charge is 0.379 e. The van der Waals surface area contributed by atoms with E-state index in [-0.39, 0.29) is 12.3 Å². The number of rotatable bonds is 29. The van der Waals surface area contributed by atoms with Gasteiger partial charge in [-0.1, -0.05) is 54.6 Å². The van der Waals surface area contributed by atoms with Crippen LogP contribution in [0.4, 0.5) is 0 Å². The van der Waals surface area contributed by atoms with Gasteiger partial charge in [-0.2, -0.15) is 5.48 Å². The predicted molar refractivity (Wildman–Crippen MR) is 196 cm³/mol. The van der Waals surface area contributed by atoms with Crippen LogP contribution in [0.25, 0.3) is 0 Å². The lowest BCUT2D eigenvalue weighted by atomic mass is 9.92. The molecule has 3 rings (SSSR count). The molecule has 1 heterocycles. The van der Waals surface area contributed by atoms with Gasteiger partial charge in [-0.25, -0.2) is 4.79 Å². The van der Waals surface area contributed by atoms with Crippen LogP contribution in [0.5, 0.6) is 0 Å². The number of likely N-dealkylation sites (tertiary alicyclic amines) is 1. The summed E-state index contributed by atoms with van der Waals surface area (Å²) in [6.45, 7) is 10.8. The van der Waals surface area contributed by atoms with Gasteiger partial charge < -0.3 is 33.3 Å². The van der Waals surface area contributed by atoms with Gasteiger partial charge in [0.1, 0.15) is 0 Å². The Morgan fingerprint density at radius 3 is 1.73 bits per heavy atom. The Hall–Kier alpha value is -2.90. The van der Waals surface area contributed by atoms with E-state index in [9.17, 15) is 9.59 Å². The van der Waals surface area contributed by atoms with E-state index in [0.717, 1.165) is 70.0 Å². The van der Waals surface area contributed by atoms with Crippen molar-refractivity contribution < 1.29 is 42.8 Å². The maximum absolute atomic E-state index is 12.3. The zero-order chi connectivity index (χ0) is 36.0. The van der Waals surface area contributed by atoms with Crippen LogP contribution in [0.2, 0.25) is 0 Å². The first-order valence-electron chi connectivity index (χ1n) is 18.9. The monoisotopic (exact) mass is 714 g/mol. The van der Waals surface area contributed by atoms with Gasteiger partial charge in [-0.05, 0) is 80.9 Å². The first-order chi connectivity index (χ1) is 25.1. The van der Waals surface area contributed by atoms with Crippen molar-refractivity contribution in [2.45, 2.75) is 71.1 Å². The van der Waals surface area contributed by atoms with E-state index in [1.54, 1.807) is 0 Å². The quantitative estimate of drug-likeness (QED) is 0.0877. The number of unbranched alkanes of at least 4 members (excludes halogenated alkanes) is 1. The van der Waals surface area contributed by atoms with E-state index >= 15 is 0 Å². The molecule has 0 bridgehead atoms. The van der Waals surface area contributed by atoms with Crippen LogP contribution >= 0.6 is 0 Å². The summed E-state index contributed by atoms with van der Waals surface area (Å²) in [5, 5.41) is 0. The third-order valence-corrected chi connectivity index (χ3v) is 8.73. The highest BCUT2D eigenvalue weighted by Crippen LogP contribution is 2.22. The molecule has 286 valence electrons. The van der Waals surface area contributed by atoms with Crippen LogP contribution in [0.1, 0.15) is 68.6 Å². The van der Waals surface area contributed by atoms with Crippen LogP contribution in [-0.2, 0) is 62.1 Å². The topological polar surface area (TPSA) is 114 Å². The molecule has 1 fully saturated rings. The second-order valence-electron chi connectivity index (χ2n) is 12.8. The molecule has 0 aromatic heterocycles. The average Bonchev–Trinajstić information content (AvgIpc) is 3.15. The maximum Gasteiger partial charge on any atom is 0.332 e. The average molecular weight is 715 g/mol. The molecule has 0 saturated carbocycles. The van der Waals surface area contributed by atoms with Gasteiger partial charge in [0.2, 0.25) is 0 Å². The SMILES string of the molecule is CCOCCOCCOCCOCCOCCOCN1CCC(CCCC(=O)ONC(=O)Cc2ccc(CCCCc3ccccc3)cc2)CC1. The van der Waals surface area contributed by atoms with Crippen molar-refractivity contribution in [1.29, 1.82) is 0 Å². The number of aryl methyl sites for hydroxylation is 2. The smallest absolute Gasteiger partial charge is 0.332 e. The third-order valence-electron chi connectivity index (χ3n) is 8.73. The summed E-state index contributed by atoms with van der Waals surface area (Å²) in [5.74, 6) is -0.130. The van der Waals surface area contributed by atoms with E-state index in [2.05, 4.69) is 46.8 Å². The molecular formula is C40H62N2O9. The summed E-state index contributed by atoms with van der Waals surface area (Å²) in [4.78, 5) is 31.9. The van der Waals surface area contributed by atoms with Gasteiger partial charge in [0.05, 0.1) is 79.2 Å². The molecule has 1 amide bonds. The molecule has 11 heteroatoms. The summed E-state index contributed by atoms with van der Waals surface area (Å²) in [6.07, 6.45) is 8.75. The van der Waals surface area contributed by atoms with E-state index in [0.29, 0.717) is 91.7 Å². The van der Waals surface area contributed by atoms with Gasteiger partial charge in [0.15, 0.2) is 0 Å². The van der Waals surface area contributed by atoms with Crippen molar-refractivity contribution in [1.82, 2.24) is 10.4 Å². The predicted octanol–water partition coefficient (Wildman–Crippen LogP) is 5.33. The van der Waals surface area contributed by atoms with Crippen molar-refractivity contribution in [2.75, 3.05) is 92.5 Å². The number of amides is 1. The Morgan fingerprint density at radius 1 is 0.647 bits per heavy atom. The van der Waals surface area contributed by atoms with Crippen molar-refractivity contribution in [3.05, 3.63) is 71.3 Å². The van der Waals surface area contributed by atoms with Crippen LogP contribution in [0.15, 0.2) is 54.6 Å². The van der Waals surface area contributed by atoms with Gasteiger partial charge in [0.25, 0.3) is 5.91 Å². The fourth-order valence-corrected chi connectivity index (χ4v) is 5.79. The summed E-state index contributed by atoms with van der Waals surface area (Å²) in [7, 11) is 0. The lowest BCUT2D eigenvalue weighted by Gasteiger charge is -2.31. The molecular weight excluding hydrogens is 652 g/mol. The van der Waals surface area contributed by atoms with E-state index < -0.39 is 5.97 Å². The molecule has 1 aliphatic rings. The number of nitrogens with one attached hydrogen (secondary N) is 1. The zero-order valence-electron chi connectivity index (χ0n) is 30.9. The number of piperidine rings is 1. The molecule has 11 nitrogen and oxygen atoms in total. The van der Waals surface area contributed by atoms with E-state index in [1.807, 2.05) is 25.1 Å². The maximum atomic E-state index is 12.3. The number of hydroxylamine groups is 1. The third kappa shape index (κ3) is 21.9. The Balaban J connectivity index is 1.07. The minimum Gasteiger partial charge on any atom is -0.379 e. The highest BCUT2D eigenvalue weighted by molar-refractivity contribution is 5.79. The van der Waals surface area contributed by atoms with Gasteiger partial charge >= 0.3 is 5.97 Å². The number of benzene rings is 2. The van der Waals surface area contributed by atoms with Gasteiger partial charge in [0, 0.05) is 26.1 Å². The molecule has 0 radical (unpaired) electrons. The number of hydrogen-bond acceptors (Lipinski definition) is 10. The first-order valence-corrected chi connectivity index (χ1v) is 18.9. The highest BCUT2D eigenvalue weighted by Gasteiger charge is 2.19. The normalized spacial score (nSPS) is 13.7. The highest BCUT2D eigenvalue weighted by atomic mass is 16.7. The van der Waals surface area contributed by atoms with Gasteiger partial charge in [-0.15, -0.1) is 0 Å². The standard InChI is InChI=1S/C40H62N2O9/c1-2-45-23-24-46-25-26-47-27-28-48-29-30-49-31-32-50-34-42-21-19-37(20-22-42)13-8-14-40(44)51-41-39(43)33-38-17-15-36(16-18-38)12-7-6-11-35-9-4-3-5-10-35/h3-5,9-10,15-18,37H,2,6-8,11-14,19-34H2,1H3,(H,41,43). The molecule has 2 aromatic carbocycles. The van der Waals surface area contributed by atoms with Gasteiger partial charge in [-0.3, -0.25) is 9.69 Å². The number of nitrogens with zero attached hydrogens (tertiary/aromatic N) is 1. The second-order valence-corrected chi connectivity index (χ2v) is 12.8. The number of carbonyl (C=O) groups excluding carboxylic acids is 2.